The Hall–Kier alpha value is -1.19. The summed E-state index contributed by atoms with van der Waals surface area (Å²) in [5.74, 6) is 1.29. The average molecular weight is 488 g/mol. The molecular weight excluding hydrogens is 459 g/mol. The van der Waals surface area contributed by atoms with Crippen LogP contribution in [0.15, 0.2) is 40.7 Å². The first-order valence-corrected chi connectivity index (χ1v) is 9.37. The predicted octanol–water partition coefficient (Wildman–Crippen LogP) is 4.28. The Morgan fingerprint density at radius 2 is 2.00 bits per heavy atom. The minimum atomic E-state index is 0. The van der Waals surface area contributed by atoms with E-state index in [0.29, 0.717) is 12.5 Å². The molecule has 0 aliphatic rings. The van der Waals surface area contributed by atoms with Crippen molar-refractivity contribution in [2.24, 2.45) is 4.99 Å². The van der Waals surface area contributed by atoms with Crippen molar-refractivity contribution in [3.05, 3.63) is 52.0 Å². The molecule has 0 saturated carbocycles. The zero-order valence-corrected chi connectivity index (χ0v) is 19.2. The average Bonchev–Trinajstić information content (AvgIpc) is 3.10. The van der Waals surface area contributed by atoms with Crippen molar-refractivity contribution in [2.75, 3.05) is 27.7 Å². The fourth-order valence-electron chi connectivity index (χ4n) is 2.53. The van der Waals surface area contributed by atoms with Gasteiger partial charge in [0.15, 0.2) is 5.96 Å². The van der Waals surface area contributed by atoms with Crippen LogP contribution in [-0.4, -0.2) is 43.6 Å². The number of aromatic nitrogens is 1. The molecule has 2 unspecified atom stereocenters. The molecule has 7 heteroatoms. The van der Waals surface area contributed by atoms with Gasteiger partial charge in [-0.3, -0.25) is 4.99 Å². The maximum atomic E-state index is 5.33. The summed E-state index contributed by atoms with van der Waals surface area (Å²) in [6.45, 7) is 5.78. The second kappa shape index (κ2) is 11.5. The highest BCUT2D eigenvalue weighted by atomic mass is 127. The monoisotopic (exact) mass is 488 g/mol. The number of methoxy groups -OCH3 is 1. The first-order valence-electron chi connectivity index (χ1n) is 8.49. The van der Waals surface area contributed by atoms with Crippen LogP contribution in [-0.2, 0) is 11.3 Å². The van der Waals surface area contributed by atoms with E-state index >= 15 is 0 Å². The lowest BCUT2D eigenvalue weighted by Crippen LogP contribution is -2.40. The van der Waals surface area contributed by atoms with Crippen LogP contribution in [0.2, 0.25) is 0 Å². The molecule has 0 amide bonds. The SMILES string of the molecule is CN=C(NCC(C)c1ccccc1)N(C)Cc1csc(C(C)OC)n1.I. The fourth-order valence-corrected chi connectivity index (χ4v) is 3.37. The zero-order valence-electron chi connectivity index (χ0n) is 16.1. The van der Waals surface area contributed by atoms with E-state index in [1.54, 1.807) is 18.4 Å². The molecule has 2 rings (SSSR count). The van der Waals surface area contributed by atoms with Crippen LogP contribution in [0.4, 0.5) is 0 Å². The Morgan fingerprint density at radius 1 is 1.31 bits per heavy atom. The van der Waals surface area contributed by atoms with Gasteiger partial charge < -0.3 is 15.0 Å². The number of hydrogen-bond donors (Lipinski definition) is 1. The second-order valence-corrected chi connectivity index (χ2v) is 7.04. The lowest BCUT2D eigenvalue weighted by atomic mass is 10.0. The van der Waals surface area contributed by atoms with Gasteiger partial charge in [-0.05, 0) is 18.4 Å². The molecule has 1 N–H and O–H groups in total. The Labute approximate surface area is 177 Å². The third-order valence-electron chi connectivity index (χ3n) is 4.18. The van der Waals surface area contributed by atoms with E-state index in [-0.39, 0.29) is 30.1 Å². The summed E-state index contributed by atoms with van der Waals surface area (Å²) in [7, 11) is 5.55. The van der Waals surface area contributed by atoms with Crippen molar-refractivity contribution in [1.82, 2.24) is 15.2 Å². The summed E-state index contributed by atoms with van der Waals surface area (Å²) < 4.78 is 5.33. The number of rotatable bonds is 7. The van der Waals surface area contributed by atoms with E-state index in [9.17, 15) is 0 Å². The minimum absolute atomic E-state index is 0. The first-order chi connectivity index (χ1) is 12.0. The topological polar surface area (TPSA) is 49.8 Å². The molecule has 2 atom stereocenters. The van der Waals surface area contributed by atoms with Gasteiger partial charge in [-0.15, -0.1) is 35.3 Å². The standard InChI is InChI=1S/C19H28N4OS.HI/c1-14(16-9-7-6-8-10-16)11-21-19(20-3)23(4)12-17-13-25-18(22-17)15(2)24-5;/h6-10,13-15H,11-12H2,1-5H3,(H,20,21);1H. The van der Waals surface area contributed by atoms with Gasteiger partial charge in [-0.1, -0.05) is 37.3 Å². The molecule has 0 radical (unpaired) electrons. The van der Waals surface area contributed by atoms with Gasteiger partial charge in [0.25, 0.3) is 0 Å². The number of halogens is 1. The van der Waals surface area contributed by atoms with Crippen LogP contribution < -0.4 is 5.32 Å². The number of nitrogens with one attached hydrogen (secondary N) is 1. The number of aliphatic imine (C=N–C) groups is 1. The van der Waals surface area contributed by atoms with Gasteiger partial charge in [0, 0.05) is 33.1 Å². The number of guanidine groups is 1. The normalized spacial score (nSPS) is 13.7. The third-order valence-corrected chi connectivity index (χ3v) is 5.23. The zero-order chi connectivity index (χ0) is 18.2. The van der Waals surface area contributed by atoms with Gasteiger partial charge in [0.05, 0.1) is 12.2 Å². The van der Waals surface area contributed by atoms with Crippen LogP contribution in [0, 0.1) is 0 Å². The van der Waals surface area contributed by atoms with E-state index in [1.807, 2.05) is 27.1 Å². The van der Waals surface area contributed by atoms with Gasteiger partial charge in [0.1, 0.15) is 11.1 Å². The van der Waals surface area contributed by atoms with E-state index in [4.69, 9.17) is 4.74 Å². The molecule has 26 heavy (non-hydrogen) atoms. The summed E-state index contributed by atoms with van der Waals surface area (Å²) in [5.41, 5.74) is 2.36. The van der Waals surface area contributed by atoms with Gasteiger partial charge in [0.2, 0.25) is 0 Å². The lowest BCUT2D eigenvalue weighted by molar-refractivity contribution is 0.119. The van der Waals surface area contributed by atoms with Gasteiger partial charge >= 0.3 is 0 Å². The quantitative estimate of drug-likeness (QED) is 0.359. The number of ether oxygens (including phenoxy) is 1. The Kier molecular flexibility index (Phi) is 10.1. The smallest absolute Gasteiger partial charge is 0.193 e. The van der Waals surface area contributed by atoms with Crippen LogP contribution in [0.3, 0.4) is 0 Å². The van der Waals surface area contributed by atoms with E-state index in [1.165, 1.54) is 5.56 Å². The first kappa shape index (κ1) is 22.9. The summed E-state index contributed by atoms with van der Waals surface area (Å²) in [6, 6.07) is 10.5. The molecule has 144 valence electrons. The van der Waals surface area contributed by atoms with Crippen molar-refractivity contribution >= 4 is 41.3 Å². The molecule has 5 nitrogen and oxygen atoms in total. The molecule has 0 fully saturated rings. The second-order valence-electron chi connectivity index (χ2n) is 6.15. The highest BCUT2D eigenvalue weighted by molar-refractivity contribution is 14.0. The third kappa shape index (κ3) is 6.51. The summed E-state index contributed by atoms with van der Waals surface area (Å²) in [4.78, 5) is 11.1. The van der Waals surface area contributed by atoms with Crippen molar-refractivity contribution in [1.29, 1.82) is 0 Å². The molecule has 0 bridgehead atoms. The van der Waals surface area contributed by atoms with Crippen LogP contribution in [0.25, 0.3) is 0 Å². The molecular formula is C19H29IN4OS. The number of nitrogens with zero attached hydrogens (tertiary/aromatic N) is 3. The number of hydrogen-bond acceptors (Lipinski definition) is 4. The molecule has 2 aromatic rings. The van der Waals surface area contributed by atoms with E-state index in [0.717, 1.165) is 23.2 Å². The molecule has 0 spiro atoms. The molecule has 1 heterocycles. The molecule has 0 aliphatic heterocycles. The highest BCUT2D eigenvalue weighted by Crippen LogP contribution is 2.21. The van der Waals surface area contributed by atoms with Crippen molar-refractivity contribution in [3.63, 3.8) is 0 Å². The van der Waals surface area contributed by atoms with Crippen molar-refractivity contribution in [2.45, 2.75) is 32.4 Å². The maximum Gasteiger partial charge on any atom is 0.193 e. The molecule has 1 aromatic carbocycles. The Bertz CT molecular complexity index is 677. The highest BCUT2D eigenvalue weighted by Gasteiger charge is 2.13. The predicted molar refractivity (Wildman–Crippen MR) is 121 cm³/mol. The van der Waals surface area contributed by atoms with Crippen LogP contribution >= 0.6 is 35.3 Å². The summed E-state index contributed by atoms with van der Waals surface area (Å²) >= 11 is 1.64. The number of benzene rings is 1. The largest absolute Gasteiger partial charge is 0.375 e. The Morgan fingerprint density at radius 3 is 2.62 bits per heavy atom. The van der Waals surface area contributed by atoms with E-state index in [2.05, 4.69) is 56.8 Å². The summed E-state index contributed by atoms with van der Waals surface area (Å²) in [5, 5.41) is 6.55. The fraction of sp³-hybridized carbons (Fsp3) is 0.474. The van der Waals surface area contributed by atoms with Gasteiger partial charge in [-0.2, -0.15) is 0 Å². The van der Waals surface area contributed by atoms with Crippen LogP contribution in [0.1, 0.15) is 42.1 Å². The van der Waals surface area contributed by atoms with Gasteiger partial charge in [-0.25, -0.2) is 4.98 Å². The molecule has 0 aliphatic carbocycles. The van der Waals surface area contributed by atoms with Crippen LogP contribution in [0.5, 0.6) is 0 Å². The molecule has 1 aromatic heterocycles. The molecule has 0 saturated heterocycles. The lowest BCUT2D eigenvalue weighted by Gasteiger charge is -2.23. The maximum absolute atomic E-state index is 5.33. The Balaban J connectivity index is 0.00000338. The van der Waals surface area contributed by atoms with Crippen molar-refractivity contribution in [3.8, 4) is 0 Å². The summed E-state index contributed by atoms with van der Waals surface area (Å²) in [6.07, 6.45) is 0.0354. The number of thiazole rings is 1. The minimum Gasteiger partial charge on any atom is -0.375 e. The van der Waals surface area contributed by atoms with Crippen molar-refractivity contribution < 1.29 is 4.74 Å². The van der Waals surface area contributed by atoms with E-state index < -0.39 is 0 Å².